The molecule has 7 heteroatoms. The first-order valence-electron chi connectivity index (χ1n) is 10.6. The molecule has 0 bridgehead atoms. The minimum atomic E-state index is 0.453. The molecule has 1 aromatic heterocycles. The summed E-state index contributed by atoms with van der Waals surface area (Å²) in [5, 5.41) is 10.8. The highest BCUT2D eigenvalue weighted by molar-refractivity contribution is 5.79. The Hall–Kier alpha value is -2.70. The zero-order valence-electron chi connectivity index (χ0n) is 17.7. The van der Waals surface area contributed by atoms with Crippen molar-refractivity contribution >= 4 is 5.96 Å². The van der Waals surface area contributed by atoms with Gasteiger partial charge in [-0.2, -0.15) is 0 Å². The molecule has 158 valence electrons. The molecule has 29 heavy (non-hydrogen) atoms. The summed E-state index contributed by atoms with van der Waals surface area (Å²) in [6.45, 7) is 9.64. The van der Waals surface area contributed by atoms with Gasteiger partial charge in [-0.1, -0.05) is 25.1 Å². The van der Waals surface area contributed by atoms with E-state index in [-0.39, 0.29) is 0 Å². The van der Waals surface area contributed by atoms with E-state index in [1.807, 2.05) is 31.2 Å². The highest BCUT2D eigenvalue weighted by Crippen LogP contribution is 2.30. The highest BCUT2D eigenvalue weighted by Gasteiger charge is 2.13. The van der Waals surface area contributed by atoms with E-state index in [4.69, 9.17) is 14.0 Å². The number of nitrogens with one attached hydrogen (secondary N) is 2. The summed E-state index contributed by atoms with van der Waals surface area (Å²) >= 11 is 0. The van der Waals surface area contributed by atoms with Crippen LogP contribution in [0.15, 0.2) is 33.8 Å². The molecule has 0 unspecified atom stereocenters. The van der Waals surface area contributed by atoms with E-state index in [1.54, 1.807) is 0 Å². The Morgan fingerprint density at radius 3 is 2.62 bits per heavy atom. The first-order chi connectivity index (χ1) is 14.2. The van der Waals surface area contributed by atoms with Gasteiger partial charge in [0.25, 0.3) is 0 Å². The maximum absolute atomic E-state index is 5.76. The molecule has 2 N–H and O–H groups in total. The monoisotopic (exact) mass is 400 g/mol. The summed E-state index contributed by atoms with van der Waals surface area (Å²) in [5.41, 5.74) is 2.10. The van der Waals surface area contributed by atoms with Crippen LogP contribution in [0, 0.1) is 0 Å². The van der Waals surface area contributed by atoms with Gasteiger partial charge >= 0.3 is 0 Å². The predicted octanol–water partition coefficient (Wildman–Crippen LogP) is 3.99. The van der Waals surface area contributed by atoms with Gasteiger partial charge in [-0.05, 0) is 37.5 Å². The van der Waals surface area contributed by atoms with Crippen molar-refractivity contribution in [3.63, 3.8) is 0 Å². The normalized spacial score (nSPS) is 14.0. The SMILES string of the molecule is CCNC(=NCc1ccc2c(c1)OCCCO2)NCc1cc(C(CC)CC)no1. The van der Waals surface area contributed by atoms with E-state index >= 15 is 0 Å². The third-order valence-electron chi connectivity index (χ3n) is 4.99. The van der Waals surface area contributed by atoms with Crippen LogP contribution >= 0.6 is 0 Å². The molecule has 3 rings (SSSR count). The molecule has 0 aliphatic carbocycles. The average Bonchev–Trinajstić information content (AvgIpc) is 3.07. The molecular formula is C22H32N4O3. The summed E-state index contributed by atoms with van der Waals surface area (Å²) in [5.74, 6) is 3.60. The van der Waals surface area contributed by atoms with Crippen molar-refractivity contribution in [2.24, 2.45) is 4.99 Å². The number of ether oxygens (including phenoxy) is 2. The second-order valence-corrected chi connectivity index (χ2v) is 7.11. The van der Waals surface area contributed by atoms with Crippen LogP contribution in [-0.2, 0) is 13.1 Å². The Balaban J connectivity index is 1.61. The molecule has 0 amide bonds. The molecular weight excluding hydrogens is 368 g/mol. The Bertz CT molecular complexity index is 799. The fourth-order valence-corrected chi connectivity index (χ4v) is 3.30. The van der Waals surface area contributed by atoms with Crippen LogP contribution in [0.25, 0.3) is 0 Å². The molecule has 1 aromatic carbocycles. The van der Waals surface area contributed by atoms with E-state index < -0.39 is 0 Å². The van der Waals surface area contributed by atoms with Gasteiger partial charge < -0.3 is 24.6 Å². The summed E-state index contributed by atoms with van der Waals surface area (Å²) in [7, 11) is 0. The lowest BCUT2D eigenvalue weighted by atomic mass is 9.99. The lowest BCUT2D eigenvalue weighted by Gasteiger charge is -2.11. The smallest absolute Gasteiger partial charge is 0.191 e. The quantitative estimate of drug-likeness (QED) is 0.515. The molecule has 1 aliphatic rings. The number of aromatic nitrogens is 1. The Kier molecular flexibility index (Phi) is 7.78. The van der Waals surface area contributed by atoms with E-state index in [1.165, 1.54) is 0 Å². The predicted molar refractivity (Wildman–Crippen MR) is 114 cm³/mol. The molecule has 0 atom stereocenters. The van der Waals surface area contributed by atoms with Gasteiger partial charge in [-0.15, -0.1) is 0 Å². The van der Waals surface area contributed by atoms with Crippen LogP contribution in [0.1, 0.15) is 63.0 Å². The van der Waals surface area contributed by atoms with Crippen molar-refractivity contribution in [1.82, 2.24) is 15.8 Å². The fourth-order valence-electron chi connectivity index (χ4n) is 3.30. The average molecular weight is 401 g/mol. The van der Waals surface area contributed by atoms with Crippen LogP contribution in [0.3, 0.4) is 0 Å². The third-order valence-corrected chi connectivity index (χ3v) is 4.99. The zero-order valence-corrected chi connectivity index (χ0v) is 17.7. The molecule has 1 aliphatic heterocycles. The summed E-state index contributed by atoms with van der Waals surface area (Å²) < 4.78 is 16.9. The number of hydrogen-bond donors (Lipinski definition) is 2. The van der Waals surface area contributed by atoms with Crippen molar-refractivity contribution in [2.75, 3.05) is 19.8 Å². The van der Waals surface area contributed by atoms with Crippen molar-refractivity contribution in [3.8, 4) is 11.5 Å². The van der Waals surface area contributed by atoms with E-state index in [2.05, 4.69) is 34.6 Å². The van der Waals surface area contributed by atoms with Crippen molar-refractivity contribution in [3.05, 3.63) is 41.3 Å². The Morgan fingerprint density at radius 1 is 1.07 bits per heavy atom. The minimum absolute atomic E-state index is 0.453. The molecule has 7 nitrogen and oxygen atoms in total. The molecule has 2 heterocycles. The van der Waals surface area contributed by atoms with Crippen LogP contribution < -0.4 is 20.1 Å². The topological polar surface area (TPSA) is 80.9 Å². The Morgan fingerprint density at radius 2 is 1.86 bits per heavy atom. The van der Waals surface area contributed by atoms with Crippen molar-refractivity contribution in [1.29, 1.82) is 0 Å². The number of nitrogens with zero attached hydrogens (tertiary/aromatic N) is 2. The van der Waals surface area contributed by atoms with Gasteiger partial charge in [0.2, 0.25) is 0 Å². The molecule has 0 radical (unpaired) electrons. The molecule has 2 aromatic rings. The molecule has 0 spiro atoms. The second-order valence-electron chi connectivity index (χ2n) is 7.11. The lowest BCUT2D eigenvalue weighted by molar-refractivity contribution is 0.297. The molecule has 0 saturated carbocycles. The maximum atomic E-state index is 5.76. The van der Waals surface area contributed by atoms with Gasteiger partial charge in [-0.25, -0.2) is 4.99 Å². The minimum Gasteiger partial charge on any atom is -0.490 e. The standard InChI is InChI=1S/C22H32N4O3/c1-4-17(5-2)19-13-18(29-26-19)15-25-22(23-6-3)24-14-16-8-9-20-21(12-16)28-11-7-10-27-20/h8-9,12-13,17H,4-7,10-11,14-15H2,1-3H3,(H2,23,24,25). The van der Waals surface area contributed by atoms with Gasteiger partial charge in [0.1, 0.15) is 0 Å². The highest BCUT2D eigenvalue weighted by atomic mass is 16.5. The largest absolute Gasteiger partial charge is 0.490 e. The first kappa shape index (κ1) is 21.0. The summed E-state index contributed by atoms with van der Waals surface area (Å²) in [4.78, 5) is 4.68. The number of benzene rings is 1. The fraction of sp³-hybridized carbons (Fsp3) is 0.545. The summed E-state index contributed by atoms with van der Waals surface area (Å²) in [6.07, 6.45) is 3.03. The third kappa shape index (κ3) is 5.89. The van der Waals surface area contributed by atoms with Gasteiger partial charge in [0.15, 0.2) is 23.2 Å². The number of aliphatic imine (C=N–C) groups is 1. The number of guanidine groups is 1. The number of hydrogen-bond acceptors (Lipinski definition) is 5. The Labute approximate surface area is 172 Å². The zero-order chi connectivity index (χ0) is 20.5. The van der Waals surface area contributed by atoms with E-state index in [0.29, 0.717) is 32.2 Å². The number of fused-ring (bicyclic) bond motifs is 1. The van der Waals surface area contributed by atoms with Crippen LogP contribution in [0.2, 0.25) is 0 Å². The first-order valence-corrected chi connectivity index (χ1v) is 10.6. The van der Waals surface area contributed by atoms with Gasteiger partial charge in [0, 0.05) is 24.9 Å². The lowest BCUT2D eigenvalue weighted by Crippen LogP contribution is -2.36. The van der Waals surface area contributed by atoms with Crippen LogP contribution in [0.5, 0.6) is 11.5 Å². The van der Waals surface area contributed by atoms with Gasteiger partial charge in [-0.3, -0.25) is 0 Å². The second kappa shape index (κ2) is 10.7. The maximum Gasteiger partial charge on any atom is 0.191 e. The summed E-state index contributed by atoms with van der Waals surface area (Å²) in [6, 6.07) is 8.03. The van der Waals surface area contributed by atoms with Crippen LogP contribution in [0.4, 0.5) is 0 Å². The van der Waals surface area contributed by atoms with Crippen molar-refractivity contribution in [2.45, 2.75) is 59.0 Å². The van der Waals surface area contributed by atoms with E-state index in [9.17, 15) is 0 Å². The molecule has 0 fully saturated rings. The van der Waals surface area contributed by atoms with Gasteiger partial charge in [0.05, 0.1) is 32.0 Å². The van der Waals surface area contributed by atoms with Crippen LogP contribution in [-0.4, -0.2) is 30.9 Å². The van der Waals surface area contributed by atoms with Crippen molar-refractivity contribution < 1.29 is 14.0 Å². The number of rotatable bonds is 8. The van der Waals surface area contributed by atoms with E-state index in [0.717, 1.165) is 60.3 Å². The molecule has 0 saturated heterocycles.